The van der Waals surface area contributed by atoms with Gasteiger partial charge in [-0.25, -0.2) is 0 Å². The van der Waals surface area contributed by atoms with E-state index in [2.05, 4.69) is 84.9 Å². The van der Waals surface area contributed by atoms with Crippen molar-refractivity contribution >= 4 is 5.71 Å². The second kappa shape index (κ2) is 9.08. The summed E-state index contributed by atoms with van der Waals surface area (Å²) < 4.78 is 0. The van der Waals surface area contributed by atoms with Crippen LogP contribution in [0.5, 0.6) is 0 Å². The molecule has 4 rings (SSSR count). The molecule has 2 aromatic carbocycles. The summed E-state index contributed by atoms with van der Waals surface area (Å²) in [6, 6.07) is 19.8. The molecule has 2 heterocycles. The summed E-state index contributed by atoms with van der Waals surface area (Å²) in [6.07, 6.45) is 4.46. The molecule has 0 spiro atoms. The molecule has 0 amide bonds. The molecule has 1 unspecified atom stereocenters. The highest BCUT2D eigenvalue weighted by atomic mass is 15.5. The smallest absolute Gasteiger partial charge is 0.0733 e. The quantitative estimate of drug-likeness (QED) is 0.596. The molecule has 31 heavy (non-hydrogen) atoms. The van der Waals surface area contributed by atoms with E-state index < -0.39 is 0 Å². The van der Waals surface area contributed by atoms with Crippen molar-refractivity contribution in [1.82, 2.24) is 9.91 Å². The van der Waals surface area contributed by atoms with Gasteiger partial charge >= 0.3 is 0 Å². The number of aryl methyl sites for hydroxylation is 1. The van der Waals surface area contributed by atoms with Crippen LogP contribution in [-0.4, -0.2) is 40.8 Å². The molecule has 0 bridgehead atoms. The molecule has 0 saturated carbocycles. The van der Waals surface area contributed by atoms with Crippen molar-refractivity contribution < 1.29 is 0 Å². The van der Waals surface area contributed by atoms with Crippen LogP contribution in [0.25, 0.3) is 11.1 Å². The third-order valence-corrected chi connectivity index (χ3v) is 6.99. The lowest BCUT2D eigenvalue weighted by atomic mass is 9.83. The zero-order chi connectivity index (χ0) is 21.8. The predicted octanol–water partition coefficient (Wildman–Crippen LogP) is 5.40. The fourth-order valence-electron chi connectivity index (χ4n) is 4.99. The Bertz CT molecular complexity index is 994. The van der Waals surface area contributed by atoms with E-state index in [1.165, 1.54) is 22.3 Å². The molecular weight excluding hydrogens is 380 g/mol. The summed E-state index contributed by atoms with van der Waals surface area (Å²) in [4.78, 5) is 2.52. The Balaban J connectivity index is 1.42. The molecule has 0 N–H and O–H groups in total. The van der Waals surface area contributed by atoms with Gasteiger partial charge in [-0.3, -0.25) is 9.91 Å². The lowest BCUT2D eigenvalue weighted by molar-refractivity contribution is 0.0278. The Morgan fingerprint density at radius 1 is 1.16 bits per heavy atom. The number of hydrogen-bond acceptors (Lipinski definition) is 4. The van der Waals surface area contributed by atoms with E-state index in [0.717, 1.165) is 44.7 Å². The van der Waals surface area contributed by atoms with E-state index in [9.17, 15) is 5.26 Å². The van der Waals surface area contributed by atoms with Gasteiger partial charge in [-0.1, -0.05) is 54.6 Å². The van der Waals surface area contributed by atoms with Crippen LogP contribution in [0, 0.1) is 24.2 Å². The largest absolute Gasteiger partial charge is 0.299 e. The van der Waals surface area contributed by atoms with Gasteiger partial charge in [-0.2, -0.15) is 10.4 Å². The van der Waals surface area contributed by atoms with Gasteiger partial charge in [0.25, 0.3) is 0 Å². The number of nitriles is 1. The number of piperidine rings is 1. The van der Waals surface area contributed by atoms with E-state index in [1.807, 2.05) is 6.08 Å². The van der Waals surface area contributed by atoms with Gasteiger partial charge in [-0.05, 0) is 48.9 Å². The van der Waals surface area contributed by atoms with Crippen molar-refractivity contribution in [2.45, 2.75) is 45.2 Å². The van der Waals surface area contributed by atoms with Gasteiger partial charge in [0.15, 0.2) is 0 Å². The Morgan fingerprint density at radius 3 is 2.52 bits per heavy atom. The maximum absolute atomic E-state index is 9.53. The lowest BCUT2D eigenvalue weighted by Crippen LogP contribution is -2.53. The lowest BCUT2D eigenvalue weighted by Gasteiger charge is -2.45. The summed E-state index contributed by atoms with van der Waals surface area (Å²) in [7, 11) is 0. The molecule has 4 nitrogen and oxygen atoms in total. The average Bonchev–Trinajstić information content (AvgIpc) is 3.17. The first kappa shape index (κ1) is 21.3. The second-order valence-corrected chi connectivity index (χ2v) is 9.02. The second-order valence-electron chi connectivity index (χ2n) is 9.02. The first-order valence-corrected chi connectivity index (χ1v) is 11.2. The number of benzene rings is 2. The Labute approximate surface area is 186 Å². The van der Waals surface area contributed by atoms with Gasteiger partial charge in [-0.15, -0.1) is 6.58 Å². The molecule has 4 heteroatoms. The van der Waals surface area contributed by atoms with Gasteiger partial charge in [0, 0.05) is 37.8 Å². The van der Waals surface area contributed by atoms with Gasteiger partial charge in [0.1, 0.15) is 0 Å². The molecule has 0 radical (unpaired) electrons. The first-order valence-electron chi connectivity index (χ1n) is 11.2. The van der Waals surface area contributed by atoms with Crippen molar-refractivity contribution in [2.24, 2.45) is 11.0 Å². The maximum atomic E-state index is 9.53. The highest BCUT2D eigenvalue weighted by molar-refractivity contribution is 5.87. The Morgan fingerprint density at radius 2 is 1.90 bits per heavy atom. The maximum Gasteiger partial charge on any atom is 0.0733 e. The van der Waals surface area contributed by atoms with Crippen molar-refractivity contribution in [2.75, 3.05) is 19.6 Å². The number of hydrogen-bond donors (Lipinski definition) is 0. The molecule has 0 aliphatic carbocycles. The fourth-order valence-corrected chi connectivity index (χ4v) is 4.99. The summed E-state index contributed by atoms with van der Waals surface area (Å²) >= 11 is 0. The van der Waals surface area contributed by atoms with Crippen molar-refractivity contribution in [1.29, 1.82) is 5.26 Å². The van der Waals surface area contributed by atoms with E-state index in [1.54, 1.807) is 0 Å². The highest BCUT2D eigenvalue weighted by Gasteiger charge is 2.42. The van der Waals surface area contributed by atoms with E-state index >= 15 is 0 Å². The molecule has 2 aliphatic rings. The van der Waals surface area contributed by atoms with Gasteiger partial charge in [0.05, 0.1) is 18.0 Å². The molecule has 160 valence electrons. The molecule has 2 aromatic rings. The molecule has 2 aliphatic heterocycles. The molecule has 1 fully saturated rings. The van der Waals surface area contributed by atoms with Crippen LogP contribution >= 0.6 is 0 Å². The van der Waals surface area contributed by atoms with E-state index in [-0.39, 0.29) is 5.54 Å². The normalized spacial score (nSPS) is 20.9. The van der Waals surface area contributed by atoms with Crippen molar-refractivity contribution in [3.8, 4) is 17.2 Å². The van der Waals surface area contributed by atoms with Crippen LogP contribution < -0.4 is 0 Å². The van der Waals surface area contributed by atoms with Crippen LogP contribution in [0.1, 0.15) is 37.3 Å². The van der Waals surface area contributed by atoms with Crippen molar-refractivity contribution in [3.05, 3.63) is 72.3 Å². The monoisotopic (exact) mass is 412 g/mol. The number of rotatable bonds is 6. The topological polar surface area (TPSA) is 42.6 Å². The minimum atomic E-state index is -0.142. The Hall–Kier alpha value is -2.90. The minimum absolute atomic E-state index is 0.142. The van der Waals surface area contributed by atoms with Crippen LogP contribution in [-0.2, 0) is 6.54 Å². The third kappa shape index (κ3) is 4.43. The fraction of sp³-hybridized carbons (Fsp3) is 0.407. The average molecular weight is 413 g/mol. The standard InChI is InChI=1S/C27H32N4/c1-4-24-20-31(29-22(24)3)27(12-15-28)13-16-30(17-14-27)19-23-10-11-26(21(2)18-23)25-8-6-5-7-9-25/h4-11,18,24H,1,12-14,16-17,19-20H2,2-3H3. The predicted molar refractivity (Wildman–Crippen MR) is 128 cm³/mol. The number of likely N-dealkylation sites (tertiary alicyclic amines) is 1. The van der Waals surface area contributed by atoms with Crippen LogP contribution in [0.15, 0.2) is 66.3 Å². The van der Waals surface area contributed by atoms with Gasteiger partial charge < -0.3 is 0 Å². The van der Waals surface area contributed by atoms with E-state index in [4.69, 9.17) is 5.10 Å². The summed E-state index contributed by atoms with van der Waals surface area (Å²) in [5.41, 5.74) is 6.21. The summed E-state index contributed by atoms with van der Waals surface area (Å²) in [5, 5.41) is 16.6. The summed E-state index contributed by atoms with van der Waals surface area (Å²) in [5.74, 6) is 0.305. The zero-order valence-electron chi connectivity index (χ0n) is 18.7. The summed E-state index contributed by atoms with van der Waals surface area (Å²) in [6.45, 7) is 12.0. The number of hydrazone groups is 1. The van der Waals surface area contributed by atoms with Gasteiger partial charge in [0.2, 0.25) is 0 Å². The zero-order valence-corrected chi connectivity index (χ0v) is 18.7. The molecule has 1 saturated heterocycles. The SMILES string of the molecule is C=CC1CN(C2(CC#N)CCN(Cc3ccc(-c4ccccc4)c(C)c3)CC2)N=C1C. The minimum Gasteiger partial charge on any atom is -0.299 e. The third-order valence-electron chi connectivity index (χ3n) is 6.99. The van der Waals surface area contributed by atoms with Crippen LogP contribution in [0.3, 0.4) is 0 Å². The number of nitrogens with zero attached hydrogens (tertiary/aromatic N) is 4. The van der Waals surface area contributed by atoms with Crippen molar-refractivity contribution in [3.63, 3.8) is 0 Å². The highest BCUT2D eigenvalue weighted by Crippen LogP contribution is 2.36. The molecule has 1 atom stereocenters. The first-order chi connectivity index (χ1) is 15.0. The molecule has 0 aromatic heterocycles. The van der Waals surface area contributed by atoms with E-state index in [0.29, 0.717) is 12.3 Å². The van der Waals surface area contributed by atoms with Crippen LogP contribution in [0.2, 0.25) is 0 Å². The Kier molecular flexibility index (Phi) is 6.25. The van der Waals surface area contributed by atoms with Crippen LogP contribution in [0.4, 0.5) is 0 Å². The molecular formula is C27H32N4.